The van der Waals surface area contributed by atoms with Crippen molar-refractivity contribution in [3.8, 4) is 22.4 Å². The van der Waals surface area contributed by atoms with Crippen molar-refractivity contribution in [3.63, 3.8) is 0 Å². The number of hydrogen-bond acceptors (Lipinski definition) is 11. The number of amides is 2. The highest BCUT2D eigenvalue weighted by Crippen LogP contribution is 2.45. The fraction of sp³-hybridized carbons (Fsp3) is 0.607. The summed E-state index contributed by atoms with van der Waals surface area (Å²) in [4.78, 5) is 55.7. The Bertz CT molecular complexity index is 2690. The van der Waals surface area contributed by atoms with Crippen LogP contribution in [0.1, 0.15) is 96.1 Å². The number of pyridine rings is 1. The van der Waals surface area contributed by atoms with E-state index in [0.29, 0.717) is 58.8 Å². The number of cyclic esters (lactones) is 1. The van der Waals surface area contributed by atoms with Crippen LogP contribution in [0.4, 0.5) is 18.9 Å². The molecule has 0 radical (unpaired) electrons. The van der Waals surface area contributed by atoms with E-state index in [9.17, 15) is 14.4 Å². The molecule has 6 bridgehead atoms. The first-order valence-corrected chi connectivity index (χ1v) is 26.7. The summed E-state index contributed by atoms with van der Waals surface area (Å²) in [6.45, 7) is 15.8. The lowest BCUT2D eigenvalue weighted by Gasteiger charge is -2.37. The first-order chi connectivity index (χ1) is 34.9. The smallest absolute Gasteiger partial charge is 0.406 e. The minimum Gasteiger partial charge on any atom is -0.464 e. The second kappa shape index (κ2) is 20.6. The van der Waals surface area contributed by atoms with Gasteiger partial charge < -0.3 is 29.6 Å². The molecular formula is C56H74F3N9O5. The second-order valence-electron chi connectivity index (χ2n) is 23.1. The molecular weight excluding hydrogens is 936 g/mol. The van der Waals surface area contributed by atoms with Crippen molar-refractivity contribution in [2.24, 2.45) is 16.7 Å². The van der Waals surface area contributed by atoms with Gasteiger partial charge in [-0.2, -0.15) is 13.2 Å². The Morgan fingerprint density at radius 3 is 2.47 bits per heavy atom. The standard InChI is InChI=1S/C56H74F3N9O5/c1-35(2)49(66-20-17-55(32-66)16-18-60-31-55)51(69)62-46-26-37-9-7-10-38(25-37)39-12-15-47-42(27-39)44(29-54(4,5)34-73-53(71)45-11-8-19-68(63-45)52(46)70)50(67(47)33-56(57,58)59)43-28-41(30-61-48(43)36(3)72-6)65-23-21-64(22-24-65)40-13-14-40/h7,9-10,12,15,25,27-28,30,35-36,40,45-46,49,60,63H,8,11,13-14,16-24,26,29,31-34H2,1-6H3,(H,62,69)/t36-,45-,46-,49-,55-/m0/s1. The summed E-state index contributed by atoms with van der Waals surface area (Å²) in [6.07, 6.45) is 2.60. The number of esters is 1. The molecule has 0 unspecified atom stereocenters. The zero-order chi connectivity index (χ0) is 51.4. The van der Waals surface area contributed by atoms with Crippen LogP contribution in [0.15, 0.2) is 54.7 Å². The Balaban J connectivity index is 1.08. The van der Waals surface area contributed by atoms with Crippen LogP contribution < -0.4 is 21.0 Å². The number of fused-ring (bicyclic) bond motifs is 6. The molecule has 4 aromatic rings. The average molecular weight is 1010 g/mol. The zero-order valence-corrected chi connectivity index (χ0v) is 43.5. The molecule has 10 rings (SSSR count). The van der Waals surface area contributed by atoms with Crippen LogP contribution in [0.5, 0.6) is 0 Å². The number of methoxy groups -OCH3 is 1. The van der Waals surface area contributed by atoms with Crippen LogP contribution in [-0.4, -0.2) is 145 Å². The van der Waals surface area contributed by atoms with E-state index in [2.05, 4.69) is 30.8 Å². The summed E-state index contributed by atoms with van der Waals surface area (Å²) in [7, 11) is 1.58. The Morgan fingerprint density at radius 1 is 0.973 bits per heavy atom. The highest BCUT2D eigenvalue weighted by molar-refractivity contribution is 5.96. The van der Waals surface area contributed by atoms with Gasteiger partial charge in [-0.3, -0.25) is 34.2 Å². The van der Waals surface area contributed by atoms with Crippen molar-refractivity contribution in [1.82, 2.24) is 40.4 Å². The Hall–Kier alpha value is -5.07. The van der Waals surface area contributed by atoms with Crippen LogP contribution in [-0.2, 0) is 43.2 Å². The normalized spacial score (nSPS) is 25.3. The molecule has 6 aliphatic rings. The van der Waals surface area contributed by atoms with Gasteiger partial charge in [-0.25, -0.2) is 5.43 Å². The number of aromatic nitrogens is 2. The number of benzene rings is 2. The highest BCUT2D eigenvalue weighted by atomic mass is 19.4. The van der Waals surface area contributed by atoms with Gasteiger partial charge in [0.2, 0.25) is 5.91 Å². The number of rotatable bonds is 10. The molecule has 5 atom stereocenters. The molecule has 1 spiro atoms. The molecule has 5 aliphatic heterocycles. The van der Waals surface area contributed by atoms with Crippen LogP contribution in [0.25, 0.3) is 33.3 Å². The lowest BCUT2D eigenvalue weighted by molar-refractivity contribution is -0.155. The first-order valence-electron chi connectivity index (χ1n) is 26.7. The van der Waals surface area contributed by atoms with Crippen molar-refractivity contribution < 1.29 is 37.0 Å². The third kappa shape index (κ3) is 11.0. The Kier molecular flexibility index (Phi) is 14.5. The predicted octanol–water partition coefficient (Wildman–Crippen LogP) is 7.28. The summed E-state index contributed by atoms with van der Waals surface area (Å²) in [6, 6.07) is 13.8. The molecule has 3 N–H and O–H groups in total. The van der Waals surface area contributed by atoms with Crippen molar-refractivity contribution in [1.29, 1.82) is 0 Å². The van der Waals surface area contributed by atoms with Gasteiger partial charge in [-0.05, 0) is 117 Å². The maximum atomic E-state index is 15.1. The van der Waals surface area contributed by atoms with Crippen molar-refractivity contribution in [3.05, 3.63) is 71.5 Å². The third-order valence-electron chi connectivity index (χ3n) is 16.6. The molecule has 394 valence electrons. The summed E-state index contributed by atoms with van der Waals surface area (Å²) >= 11 is 0. The number of anilines is 1. The molecule has 17 heteroatoms. The lowest BCUT2D eigenvalue weighted by atomic mass is 9.84. The number of carbonyl (C=O) groups excluding carboxylic acids is 3. The summed E-state index contributed by atoms with van der Waals surface area (Å²) in [5, 5.41) is 8.84. The highest BCUT2D eigenvalue weighted by Gasteiger charge is 2.46. The molecule has 7 heterocycles. The number of hydrogen-bond donors (Lipinski definition) is 3. The molecule has 1 saturated carbocycles. The Labute approximate surface area is 427 Å². The average Bonchev–Trinajstić information content (AvgIpc) is 3.90. The summed E-state index contributed by atoms with van der Waals surface area (Å²) < 4.78 is 58.8. The molecule has 1 aliphatic carbocycles. The van der Waals surface area contributed by atoms with E-state index in [1.807, 2.05) is 83.3 Å². The van der Waals surface area contributed by atoms with Crippen molar-refractivity contribution >= 4 is 34.4 Å². The minimum absolute atomic E-state index is 0.0204. The molecule has 14 nitrogen and oxygen atoms in total. The van der Waals surface area contributed by atoms with E-state index in [1.54, 1.807) is 13.2 Å². The van der Waals surface area contributed by atoms with Crippen LogP contribution in [0.2, 0.25) is 0 Å². The van der Waals surface area contributed by atoms with Gasteiger partial charge in [-0.1, -0.05) is 58.0 Å². The monoisotopic (exact) mass is 1010 g/mol. The maximum absolute atomic E-state index is 15.1. The SMILES string of the molecule is CO[C@@H](C)c1ncc(N2CCN(C3CC3)CC2)cc1-c1c2c3cc(ccc3n1CC(F)(F)F)-c1cccc(c1)C[C@H](NC(=O)[C@H](C(C)C)N1CC[C@]3(CCNC3)C1)C(=O)N1CCC[C@H](N1)C(=O)OCC(C)(C)C2. The number of halogens is 3. The van der Waals surface area contributed by atoms with Gasteiger partial charge in [0.15, 0.2) is 0 Å². The van der Waals surface area contributed by atoms with Gasteiger partial charge in [-0.15, -0.1) is 0 Å². The molecule has 5 fully saturated rings. The van der Waals surface area contributed by atoms with E-state index in [0.717, 1.165) is 87.6 Å². The largest absolute Gasteiger partial charge is 0.464 e. The minimum atomic E-state index is -4.58. The first kappa shape index (κ1) is 51.4. The summed E-state index contributed by atoms with van der Waals surface area (Å²) in [5.41, 5.74) is 8.36. The molecule has 4 saturated heterocycles. The van der Waals surface area contributed by atoms with Gasteiger partial charge in [0.25, 0.3) is 5.91 Å². The zero-order valence-electron chi connectivity index (χ0n) is 43.5. The fourth-order valence-electron chi connectivity index (χ4n) is 12.5. The van der Waals surface area contributed by atoms with E-state index in [-0.39, 0.29) is 42.6 Å². The second-order valence-corrected chi connectivity index (χ2v) is 23.1. The van der Waals surface area contributed by atoms with Crippen molar-refractivity contribution in [2.75, 3.05) is 77.5 Å². The number of nitrogens with one attached hydrogen (secondary N) is 3. The molecule has 73 heavy (non-hydrogen) atoms. The predicted molar refractivity (Wildman–Crippen MR) is 276 cm³/mol. The van der Waals surface area contributed by atoms with E-state index < -0.39 is 48.3 Å². The number of nitrogens with zero attached hydrogens (tertiary/aromatic N) is 6. The summed E-state index contributed by atoms with van der Waals surface area (Å²) in [5.74, 6) is -1.10. The van der Waals surface area contributed by atoms with E-state index in [4.69, 9.17) is 14.5 Å². The van der Waals surface area contributed by atoms with Gasteiger partial charge >= 0.3 is 12.1 Å². The third-order valence-corrected chi connectivity index (χ3v) is 16.6. The molecule has 2 amide bonds. The van der Waals surface area contributed by atoms with Crippen LogP contribution in [0.3, 0.4) is 0 Å². The number of hydrazine groups is 1. The van der Waals surface area contributed by atoms with E-state index >= 15 is 13.2 Å². The number of carbonyl (C=O) groups is 3. The number of ether oxygens (including phenoxy) is 2. The quantitative estimate of drug-likeness (QED) is 0.138. The topological polar surface area (TPSA) is 137 Å². The van der Waals surface area contributed by atoms with Crippen molar-refractivity contribution in [2.45, 2.75) is 129 Å². The van der Waals surface area contributed by atoms with Gasteiger partial charge in [0, 0.05) is 87.3 Å². The van der Waals surface area contributed by atoms with Crippen LogP contribution >= 0.6 is 0 Å². The Morgan fingerprint density at radius 2 is 1.75 bits per heavy atom. The van der Waals surface area contributed by atoms with Gasteiger partial charge in [0.1, 0.15) is 18.6 Å². The molecule has 2 aromatic heterocycles. The molecule has 2 aromatic carbocycles. The van der Waals surface area contributed by atoms with E-state index in [1.165, 1.54) is 22.4 Å². The van der Waals surface area contributed by atoms with Gasteiger partial charge in [0.05, 0.1) is 42.0 Å². The maximum Gasteiger partial charge on any atom is 0.406 e. The van der Waals surface area contributed by atoms with Crippen LogP contribution in [0, 0.1) is 16.7 Å². The number of likely N-dealkylation sites (tertiary alicyclic amines) is 1. The lowest BCUT2D eigenvalue weighted by Crippen LogP contribution is -2.62. The fourth-order valence-corrected chi connectivity index (χ4v) is 12.5. The number of alkyl halides is 3. The number of piperazine rings is 1.